The average molecular weight is 485 g/mol. The lowest BCUT2D eigenvalue weighted by Crippen LogP contribution is -2.43. The largest absolute Gasteiger partial charge is 0.367 e. The zero-order valence-electron chi connectivity index (χ0n) is 19.9. The van der Waals surface area contributed by atoms with Crippen LogP contribution in [-0.4, -0.2) is 45.9 Å². The van der Waals surface area contributed by atoms with Gasteiger partial charge in [0.1, 0.15) is 17.3 Å². The second-order valence-corrected chi connectivity index (χ2v) is 9.16. The van der Waals surface area contributed by atoms with E-state index in [0.717, 1.165) is 70.7 Å². The van der Waals surface area contributed by atoms with E-state index >= 15 is 4.39 Å². The maximum absolute atomic E-state index is 15.1. The number of aromatic nitrogens is 4. The normalized spacial score (nSPS) is 14.0. The smallest absolute Gasteiger partial charge is 0.147 e. The topological polar surface area (TPSA) is 61.8 Å². The van der Waals surface area contributed by atoms with E-state index in [9.17, 15) is 4.39 Å². The molecule has 5 aromatic rings. The zero-order valence-corrected chi connectivity index (χ0v) is 19.9. The van der Waals surface area contributed by atoms with E-state index < -0.39 is 0 Å². The molecule has 8 heteroatoms. The summed E-state index contributed by atoms with van der Waals surface area (Å²) in [6, 6.07) is 14.0. The molecule has 2 aromatic carbocycles. The van der Waals surface area contributed by atoms with Gasteiger partial charge in [-0.05, 0) is 48.4 Å². The van der Waals surface area contributed by atoms with E-state index in [0.29, 0.717) is 12.2 Å². The number of benzene rings is 2. The van der Waals surface area contributed by atoms with Gasteiger partial charge in [0.05, 0.1) is 18.4 Å². The Hall–Kier alpha value is -4.04. The van der Waals surface area contributed by atoms with Crippen LogP contribution < -0.4 is 10.2 Å². The maximum Gasteiger partial charge on any atom is 0.147 e. The fraction of sp³-hybridized carbons (Fsp3) is 0.214. The van der Waals surface area contributed by atoms with Gasteiger partial charge in [-0.1, -0.05) is 18.2 Å². The Kier molecular flexibility index (Phi) is 5.73. The number of hydrogen-bond donors (Lipinski definition) is 2. The molecule has 1 aliphatic rings. The van der Waals surface area contributed by atoms with Gasteiger partial charge in [-0.3, -0.25) is 4.68 Å². The fourth-order valence-corrected chi connectivity index (χ4v) is 4.91. The minimum Gasteiger partial charge on any atom is -0.367 e. The van der Waals surface area contributed by atoms with Crippen molar-refractivity contribution in [2.45, 2.75) is 13.5 Å². The quantitative estimate of drug-likeness (QED) is 0.363. The summed E-state index contributed by atoms with van der Waals surface area (Å²) in [5.74, 6) is -0.483. The highest BCUT2D eigenvalue weighted by Gasteiger charge is 2.17. The Balaban J connectivity index is 1.33. The molecule has 36 heavy (non-hydrogen) atoms. The summed E-state index contributed by atoms with van der Waals surface area (Å²) in [5, 5.41) is 8.79. The van der Waals surface area contributed by atoms with Crippen LogP contribution in [0.15, 0.2) is 67.1 Å². The Labute approximate surface area is 207 Å². The second-order valence-electron chi connectivity index (χ2n) is 9.16. The third-order valence-corrected chi connectivity index (χ3v) is 6.88. The Morgan fingerprint density at radius 3 is 2.61 bits per heavy atom. The number of aromatic amines is 1. The Bertz CT molecular complexity index is 1550. The first-order valence-electron chi connectivity index (χ1n) is 12.1. The van der Waals surface area contributed by atoms with Crippen LogP contribution in [0.4, 0.5) is 14.5 Å². The van der Waals surface area contributed by atoms with Crippen molar-refractivity contribution in [2.75, 3.05) is 31.1 Å². The number of piperazine rings is 1. The molecule has 2 N–H and O–H groups in total. The van der Waals surface area contributed by atoms with Crippen molar-refractivity contribution in [3.05, 3.63) is 90.0 Å². The number of nitrogens with one attached hydrogen (secondary N) is 2. The molecule has 6 nitrogen and oxygen atoms in total. The molecule has 0 bridgehead atoms. The Morgan fingerprint density at radius 2 is 1.81 bits per heavy atom. The first-order valence-corrected chi connectivity index (χ1v) is 12.1. The molecule has 0 aliphatic carbocycles. The minimum atomic E-state index is -0.259. The van der Waals surface area contributed by atoms with E-state index in [1.807, 2.05) is 48.3 Å². The summed E-state index contributed by atoms with van der Waals surface area (Å²) in [6.07, 6.45) is 5.51. The monoisotopic (exact) mass is 484 g/mol. The lowest BCUT2D eigenvalue weighted by molar-refractivity contribution is 0.566. The SMILES string of the molecule is Cc1c(-c2c[nH]c3ncc(-c4ccc(N5CCNCC5)c(F)c4)cc23)cnn1Cc1cccc(F)c1. The van der Waals surface area contributed by atoms with Gasteiger partial charge in [0.15, 0.2) is 0 Å². The molecule has 1 fully saturated rings. The average Bonchev–Trinajstić information content (AvgIpc) is 3.47. The van der Waals surface area contributed by atoms with Crippen LogP contribution in [0.25, 0.3) is 33.3 Å². The number of anilines is 1. The highest BCUT2D eigenvalue weighted by atomic mass is 19.1. The van der Waals surface area contributed by atoms with Gasteiger partial charge in [-0.2, -0.15) is 5.10 Å². The van der Waals surface area contributed by atoms with E-state index in [2.05, 4.69) is 25.3 Å². The minimum absolute atomic E-state index is 0.224. The predicted molar refractivity (Wildman–Crippen MR) is 138 cm³/mol. The zero-order chi connectivity index (χ0) is 24.6. The van der Waals surface area contributed by atoms with Crippen LogP contribution in [0.5, 0.6) is 0 Å². The van der Waals surface area contributed by atoms with Gasteiger partial charge in [0.2, 0.25) is 0 Å². The molecule has 1 aliphatic heterocycles. The third-order valence-electron chi connectivity index (χ3n) is 6.88. The van der Waals surface area contributed by atoms with Gasteiger partial charge in [0, 0.05) is 66.3 Å². The first kappa shape index (κ1) is 22.4. The maximum atomic E-state index is 15.1. The molecule has 0 spiro atoms. The van der Waals surface area contributed by atoms with Crippen LogP contribution in [-0.2, 0) is 6.54 Å². The first-order chi connectivity index (χ1) is 17.6. The van der Waals surface area contributed by atoms with Crippen LogP contribution in [0.3, 0.4) is 0 Å². The molecular weight excluding hydrogens is 458 g/mol. The van der Waals surface area contributed by atoms with Gasteiger partial charge < -0.3 is 15.2 Å². The summed E-state index contributed by atoms with van der Waals surface area (Å²) in [4.78, 5) is 9.91. The van der Waals surface area contributed by atoms with Gasteiger partial charge >= 0.3 is 0 Å². The van der Waals surface area contributed by atoms with Crippen LogP contribution in [0.1, 0.15) is 11.3 Å². The summed E-state index contributed by atoms with van der Waals surface area (Å²) in [5.41, 5.74) is 6.78. The number of halogens is 2. The molecule has 0 amide bonds. The molecule has 0 atom stereocenters. The molecule has 0 unspecified atom stereocenters. The standard InChI is InChI=1S/C28H26F2N6/c1-18-24(16-34-36(18)17-19-3-2-4-22(29)11-19)25-15-33-28-23(25)12-21(14-32-28)20-5-6-27(26(30)13-20)35-9-7-31-8-10-35/h2-6,11-16,31H,7-10,17H2,1H3,(H,32,33). The number of fused-ring (bicyclic) bond motifs is 1. The van der Waals surface area contributed by atoms with E-state index in [1.54, 1.807) is 18.3 Å². The molecule has 4 heterocycles. The number of hydrogen-bond acceptors (Lipinski definition) is 4. The van der Waals surface area contributed by atoms with Crippen molar-refractivity contribution < 1.29 is 8.78 Å². The van der Waals surface area contributed by atoms with Gasteiger partial charge in [-0.25, -0.2) is 13.8 Å². The predicted octanol–water partition coefficient (Wildman–Crippen LogP) is 5.14. The van der Waals surface area contributed by atoms with E-state index in [4.69, 9.17) is 0 Å². The molecule has 0 radical (unpaired) electrons. The van der Waals surface area contributed by atoms with E-state index in [1.165, 1.54) is 12.1 Å². The fourth-order valence-electron chi connectivity index (χ4n) is 4.91. The van der Waals surface area contributed by atoms with Gasteiger partial charge in [-0.15, -0.1) is 0 Å². The second kappa shape index (κ2) is 9.20. The van der Waals surface area contributed by atoms with Crippen molar-refractivity contribution in [2.24, 2.45) is 0 Å². The molecule has 0 saturated carbocycles. The number of H-pyrrole nitrogens is 1. The third kappa shape index (κ3) is 4.13. The van der Waals surface area contributed by atoms with Gasteiger partial charge in [0.25, 0.3) is 0 Å². The molecule has 182 valence electrons. The van der Waals surface area contributed by atoms with Crippen LogP contribution in [0.2, 0.25) is 0 Å². The number of nitrogens with zero attached hydrogens (tertiary/aromatic N) is 4. The molecule has 3 aromatic heterocycles. The van der Waals surface area contributed by atoms with Crippen molar-refractivity contribution in [3.8, 4) is 22.3 Å². The van der Waals surface area contributed by atoms with E-state index in [-0.39, 0.29) is 11.6 Å². The lowest BCUT2D eigenvalue weighted by Gasteiger charge is -2.29. The number of pyridine rings is 1. The summed E-state index contributed by atoms with van der Waals surface area (Å²) >= 11 is 0. The van der Waals surface area contributed by atoms with Crippen molar-refractivity contribution in [3.63, 3.8) is 0 Å². The lowest BCUT2D eigenvalue weighted by atomic mass is 10.0. The van der Waals surface area contributed by atoms with Crippen LogP contribution in [0, 0.1) is 18.6 Å². The van der Waals surface area contributed by atoms with Crippen molar-refractivity contribution in [1.29, 1.82) is 0 Å². The summed E-state index contributed by atoms with van der Waals surface area (Å²) in [6.45, 7) is 5.79. The Morgan fingerprint density at radius 1 is 0.944 bits per heavy atom. The molecule has 6 rings (SSSR count). The summed E-state index contributed by atoms with van der Waals surface area (Å²) in [7, 11) is 0. The highest BCUT2D eigenvalue weighted by Crippen LogP contribution is 2.34. The summed E-state index contributed by atoms with van der Waals surface area (Å²) < 4.78 is 30.5. The van der Waals surface area contributed by atoms with Crippen molar-refractivity contribution >= 4 is 16.7 Å². The highest BCUT2D eigenvalue weighted by molar-refractivity contribution is 5.96. The molecular formula is C28H26F2N6. The van der Waals surface area contributed by atoms with Crippen LogP contribution >= 0.6 is 0 Å². The van der Waals surface area contributed by atoms with Crippen molar-refractivity contribution in [1.82, 2.24) is 25.1 Å². The number of rotatable bonds is 5. The molecule has 1 saturated heterocycles.